The van der Waals surface area contributed by atoms with Crippen molar-refractivity contribution < 1.29 is 75.7 Å². The summed E-state index contributed by atoms with van der Waals surface area (Å²) in [6.45, 7) is 13.6. The maximum absolute atomic E-state index is 15.8. The molecule has 3 fully saturated rings. The smallest absolute Gasteiger partial charge is 0.326 e. The summed E-state index contributed by atoms with van der Waals surface area (Å²) >= 11 is 0. The molecule has 31 heteroatoms. The van der Waals surface area contributed by atoms with Crippen molar-refractivity contribution in [3.63, 3.8) is 0 Å². The summed E-state index contributed by atoms with van der Waals surface area (Å²) in [5, 5.41) is 43.6. The SMILES string of the molecule is CN[C@@H](C)C(=O)N[C@H](C(=O)N1CC2CC1C(=O)N[C@@H](C(c1ccccc1)c1ccccc1)C(=O)N[C@H](C(=O)NS(=O)(=O)C1CC1)Cc1ccc(cc1)OCc1cn(nn1)[C@H]1C[C@@H](C(=O)N[C@@H](Cc3ccc4ccccc4c3)C(=O)N[C@H](C(=O)O)Cc3ccc(cc3)OC/C=C/CO2)N(C(=O)[C@@H](NC(=O)[C@H](C)NC)C(C)(C)C)C1)C(C)(C)C. The molecule has 1 aromatic heterocycles. The fourth-order valence-electron chi connectivity index (χ4n) is 14.6. The normalized spacial score (nSPS) is 22.4. The zero-order chi connectivity index (χ0) is 84.0. The lowest BCUT2D eigenvalue weighted by molar-refractivity contribution is -0.145. The first-order valence-electron chi connectivity index (χ1n) is 39.5. The lowest BCUT2D eigenvalue weighted by Gasteiger charge is -2.36. The highest BCUT2D eigenvalue weighted by atomic mass is 32.2. The Bertz CT molecular complexity index is 4820. The van der Waals surface area contributed by atoms with Gasteiger partial charge in [0.1, 0.15) is 78.7 Å². The molecule has 117 heavy (non-hydrogen) atoms. The lowest BCUT2D eigenvalue weighted by Crippen LogP contribution is -2.61. The second-order valence-corrected chi connectivity index (χ2v) is 34.6. The Balaban J connectivity index is 0.941. The Morgan fingerprint density at radius 1 is 0.590 bits per heavy atom. The third-order valence-electron chi connectivity index (χ3n) is 21.7. The topological polar surface area (TPSA) is 398 Å². The van der Waals surface area contributed by atoms with Crippen molar-refractivity contribution in [1.82, 2.24) is 72.1 Å². The lowest BCUT2D eigenvalue weighted by atomic mass is 9.84. The number of carbonyl (C=O) groups excluding carboxylic acids is 9. The van der Waals surface area contributed by atoms with Crippen LogP contribution in [-0.4, -0.2) is 210 Å². The molecule has 622 valence electrons. The van der Waals surface area contributed by atoms with Crippen LogP contribution in [0.1, 0.15) is 127 Å². The fourth-order valence-corrected chi connectivity index (χ4v) is 15.9. The Morgan fingerprint density at radius 2 is 1.11 bits per heavy atom. The Kier molecular flexibility index (Phi) is 28.2. The zero-order valence-corrected chi connectivity index (χ0v) is 68.3. The van der Waals surface area contributed by atoms with E-state index in [0.29, 0.717) is 57.9 Å². The average molecular weight is 1620 g/mol. The molecule has 14 rings (SSSR count). The molecule has 1 saturated carbocycles. The van der Waals surface area contributed by atoms with E-state index in [1.807, 2.05) is 42.5 Å². The fraction of sp³-hybridized carbons (Fsp3) is 0.442. The van der Waals surface area contributed by atoms with Crippen LogP contribution in [0.3, 0.4) is 0 Å². The average Bonchev–Trinajstić information content (AvgIpc) is 1.65. The quantitative estimate of drug-likeness (QED) is 0.0544. The molecule has 0 spiro atoms. The molecule has 7 heterocycles. The summed E-state index contributed by atoms with van der Waals surface area (Å²) in [6.07, 6.45) is 4.13. The highest BCUT2D eigenvalue weighted by Crippen LogP contribution is 2.35. The van der Waals surface area contributed by atoms with E-state index in [0.717, 1.165) is 10.8 Å². The molecule has 6 aromatic carbocycles. The van der Waals surface area contributed by atoms with Gasteiger partial charge in [0, 0.05) is 51.1 Å². The van der Waals surface area contributed by atoms with Crippen molar-refractivity contribution in [2.24, 2.45) is 10.8 Å². The third-order valence-corrected chi connectivity index (χ3v) is 23.6. The molecule has 2 saturated heterocycles. The van der Waals surface area contributed by atoms with E-state index in [-0.39, 0.29) is 65.0 Å². The van der Waals surface area contributed by atoms with Gasteiger partial charge in [-0.3, -0.25) is 47.9 Å². The van der Waals surface area contributed by atoms with E-state index < -0.39 is 164 Å². The number of carboxylic acid groups (broad SMARTS) is 1. The van der Waals surface area contributed by atoms with Gasteiger partial charge in [-0.2, -0.15) is 0 Å². The molecule has 9 amide bonds. The monoisotopic (exact) mass is 1620 g/mol. The number of amides is 9. The maximum atomic E-state index is 15.8. The zero-order valence-electron chi connectivity index (χ0n) is 67.4. The molecule has 2 unspecified atom stereocenters. The molecule has 30 nitrogen and oxygen atoms in total. The number of fused-ring (bicyclic) bond motifs is 1. The van der Waals surface area contributed by atoms with Gasteiger partial charge in [0.25, 0.3) is 5.91 Å². The van der Waals surface area contributed by atoms with E-state index in [4.69, 9.17) is 14.2 Å². The predicted molar refractivity (Wildman–Crippen MR) is 436 cm³/mol. The summed E-state index contributed by atoms with van der Waals surface area (Å²) in [4.78, 5) is 150. The third kappa shape index (κ3) is 22.4. The van der Waals surface area contributed by atoms with Crippen LogP contribution in [0.15, 0.2) is 170 Å². The van der Waals surface area contributed by atoms with Gasteiger partial charge in [-0.1, -0.05) is 180 Å². The number of likely N-dealkylation sites (N-methyl/N-ethyl adjacent to an activating group) is 2. The minimum Gasteiger partial charge on any atom is -0.490 e. The van der Waals surface area contributed by atoms with E-state index in [1.54, 1.807) is 197 Å². The minimum absolute atomic E-state index is 0.0268. The second kappa shape index (κ2) is 38.1. The molecular formula is C86H106N14O16S. The molecule has 0 radical (unpaired) electrons. The largest absolute Gasteiger partial charge is 0.490 e. The van der Waals surface area contributed by atoms with E-state index >= 15 is 24.0 Å². The highest BCUT2D eigenvalue weighted by molar-refractivity contribution is 7.91. The van der Waals surface area contributed by atoms with Gasteiger partial charge >= 0.3 is 5.97 Å². The van der Waals surface area contributed by atoms with Gasteiger partial charge < -0.3 is 71.7 Å². The number of carbonyl (C=O) groups is 10. The first-order valence-corrected chi connectivity index (χ1v) is 41.0. The van der Waals surface area contributed by atoms with Crippen LogP contribution >= 0.6 is 0 Å². The summed E-state index contributed by atoms with van der Waals surface area (Å²) in [5.41, 5.74) is 1.23. The number of aromatic nitrogens is 3. The van der Waals surface area contributed by atoms with E-state index in [9.17, 15) is 37.5 Å². The Hall–Kier alpha value is -11.4. The molecule has 12 atom stereocenters. The van der Waals surface area contributed by atoms with Crippen LogP contribution in [0.5, 0.6) is 11.5 Å². The van der Waals surface area contributed by atoms with Crippen molar-refractivity contribution in [2.75, 3.05) is 40.4 Å². The number of hydrogen-bond donors (Lipinski definition) is 10. The van der Waals surface area contributed by atoms with Crippen LogP contribution in [0.4, 0.5) is 0 Å². The molecule has 7 aromatic rings. The van der Waals surface area contributed by atoms with Crippen LogP contribution in [0.25, 0.3) is 10.8 Å². The first kappa shape index (κ1) is 86.4. The number of nitrogens with one attached hydrogen (secondary N) is 9. The van der Waals surface area contributed by atoms with Crippen molar-refractivity contribution >= 4 is 79.9 Å². The van der Waals surface area contributed by atoms with Crippen molar-refractivity contribution in [3.8, 4) is 11.5 Å². The van der Waals surface area contributed by atoms with Gasteiger partial charge in [-0.25, -0.2) is 17.9 Å². The number of nitrogens with zero attached hydrogens (tertiary/aromatic N) is 5. The number of rotatable bonds is 17. The van der Waals surface area contributed by atoms with Gasteiger partial charge in [0.2, 0.25) is 57.3 Å². The van der Waals surface area contributed by atoms with Crippen molar-refractivity contribution in [2.45, 2.75) is 191 Å². The minimum atomic E-state index is -4.21. The first-order chi connectivity index (χ1) is 55.7. The number of carboxylic acids is 1. The molecular weight excluding hydrogens is 1520 g/mol. The number of ether oxygens (including phenoxy) is 3. The molecule has 10 bridgehead atoms. The summed E-state index contributed by atoms with van der Waals surface area (Å²) in [6, 6.07) is 30.8. The molecule has 7 aliphatic rings. The number of sulfonamides is 1. The summed E-state index contributed by atoms with van der Waals surface area (Å²) in [7, 11) is -0.998. The molecule has 1 aliphatic carbocycles. The van der Waals surface area contributed by atoms with Crippen molar-refractivity contribution in [1.29, 1.82) is 0 Å². The number of benzene rings is 6. The van der Waals surface area contributed by atoms with Crippen LogP contribution in [0, 0.1) is 10.8 Å². The number of hydrogen-bond acceptors (Lipinski definition) is 19. The second-order valence-electron chi connectivity index (χ2n) is 32.6. The summed E-state index contributed by atoms with van der Waals surface area (Å²) < 4.78 is 49.8. The van der Waals surface area contributed by atoms with Gasteiger partial charge in [-0.05, 0) is 121 Å². The highest BCUT2D eigenvalue weighted by Gasteiger charge is 2.50. The Morgan fingerprint density at radius 3 is 1.68 bits per heavy atom. The van der Waals surface area contributed by atoms with E-state index in [2.05, 4.69) is 57.6 Å². The predicted octanol–water partition coefficient (Wildman–Crippen LogP) is 4.86. The standard InChI is InChI=1S/C86H106N14O16S/c1-51(87-9)75(101)93-73(85(3,4)5)82(108)98-48-61-45-69(98)79(105)89-66(44-55-27-32-56-21-17-18-26-59(56)41-55)77(103)91-68(84(110)111)43-54-28-33-62(34-29-54)114-39-19-20-40-115-64-46-70(99(49-64)83(109)74(86(6,7)8)94-76(102)52(2)88-10)80(106)92-72(71(57-22-13-11-14-23-57)58-24-15-12-16-25-58)81(107)90-67(78(104)96-117(112,113)65-37-38-65)42-53-30-35-63(36-31-53)116-50-60-47-100(61)97-95-60/h11-36,41,47,51-52,61,64-74,87-88H,37-40,42-46,48-50H2,1-10H3,(H,89,105)(H,90,107)(H,91,103)(H,92,106)(H,93,101)(H,94,102)(H,96,104)(H,110,111)/b20-19+/t51-,52-,61-,64?,66-,67-,68-,69-,70?,72-,73+,74+/m0/s1. The maximum Gasteiger partial charge on any atom is 0.326 e. The van der Waals surface area contributed by atoms with Crippen LogP contribution in [0.2, 0.25) is 0 Å². The van der Waals surface area contributed by atoms with Gasteiger partial charge in [0.05, 0.1) is 42.3 Å². The van der Waals surface area contributed by atoms with Crippen LogP contribution in [-0.2, 0) is 88.6 Å². The molecule has 6 aliphatic heterocycles. The number of aliphatic carboxylic acids is 1. The Labute approximate surface area is 681 Å². The van der Waals surface area contributed by atoms with Gasteiger partial charge in [-0.15, -0.1) is 5.10 Å². The number of likely N-dealkylation sites (tertiary alicyclic amines) is 2. The van der Waals surface area contributed by atoms with E-state index in [1.165, 1.54) is 14.5 Å². The summed E-state index contributed by atoms with van der Waals surface area (Å²) in [5.74, 6) is -8.03. The van der Waals surface area contributed by atoms with Crippen molar-refractivity contribution in [3.05, 3.63) is 204 Å². The van der Waals surface area contributed by atoms with Gasteiger partial charge in [0.15, 0.2) is 0 Å². The van der Waals surface area contributed by atoms with Crippen LogP contribution < -0.4 is 56.7 Å². The molecule has 10 N–H and O–H groups in total.